The van der Waals surface area contributed by atoms with E-state index in [0.717, 1.165) is 25.2 Å². The highest BCUT2D eigenvalue weighted by atomic mass is 16.5. The van der Waals surface area contributed by atoms with E-state index in [-0.39, 0.29) is 22.9 Å². The van der Waals surface area contributed by atoms with Crippen molar-refractivity contribution in [3.05, 3.63) is 12.2 Å². The maximum atomic E-state index is 12.9. The predicted octanol–water partition coefficient (Wildman–Crippen LogP) is 9.91. The van der Waals surface area contributed by atoms with Gasteiger partial charge in [0.15, 0.2) is 0 Å². The van der Waals surface area contributed by atoms with Gasteiger partial charge in [-0.1, -0.05) is 79.4 Å². The van der Waals surface area contributed by atoms with Crippen LogP contribution >= 0.6 is 0 Å². The minimum absolute atomic E-state index is 0.00415. The molecule has 5 aliphatic rings. The van der Waals surface area contributed by atoms with Crippen molar-refractivity contribution < 1.29 is 14.6 Å². The van der Waals surface area contributed by atoms with Gasteiger partial charge in [0.05, 0.1) is 12.7 Å². The fraction of sp³-hybridized carbons (Fsp3) is 0.921. The van der Waals surface area contributed by atoms with Gasteiger partial charge in [0, 0.05) is 11.8 Å². The van der Waals surface area contributed by atoms with E-state index in [4.69, 9.17) is 4.74 Å². The van der Waals surface area contributed by atoms with E-state index in [9.17, 15) is 9.90 Å². The minimum Gasteiger partial charge on any atom is -0.465 e. The molecule has 0 saturated heterocycles. The Hall–Kier alpha value is -0.830. The lowest BCUT2D eigenvalue weighted by Crippen LogP contribution is -2.66. The molecule has 3 heteroatoms. The number of carbonyl (C=O) groups excluding carboxylic acids is 1. The van der Waals surface area contributed by atoms with Crippen LogP contribution in [0.4, 0.5) is 0 Å². The highest BCUT2D eigenvalue weighted by Crippen LogP contribution is 2.77. The Morgan fingerprint density at radius 1 is 0.829 bits per heavy atom. The SMILES string of the molecule is C=C(C)[C@@H]1CC[C@]2(COC(=O)CCCCCCC)CC[C@]3(C)[C@H](CC[C@@H]4[C@@]5(C)CC[C@H](O)C(C)(C)[C@@H]5CC[C@]43C)[C@@H]12. The number of unbranched alkanes of at least 4 members (excludes halogenated alkanes) is 4. The maximum Gasteiger partial charge on any atom is 0.305 e. The lowest BCUT2D eigenvalue weighted by Gasteiger charge is -2.73. The van der Waals surface area contributed by atoms with Gasteiger partial charge in [-0.05, 0) is 129 Å². The number of rotatable bonds is 9. The van der Waals surface area contributed by atoms with Crippen LogP contribution in [-0.2, 0) is 9.53 Å². The van der Waals surface area contributed by atoms with Crippen molar-refractivity contribution in [2.24, 2.45) is 56.7 Å². The van der Waals surface area contributed by atoms with Gasteiger partial charge in [0.1, 0.15) is 0 Å². The summed E-state index contributed by atoms with van der Waals surface area (Å²) in [5.41, 5.74) is 2.43. The van der Waals surface area contributed by atoms with Gasteiger partial charge in [0.2, 0.25) is 0 Å². The molecule has 0 heterocycles. The minimum atomic E-state index is -0.166. The van der Waals surface area contributed by atoms with E-state index in [2.05, 4.69) is 55.0 Å². The first kappa shape index (κ1) is 31.6. The van der Waals surface area contributed by atoms with Crippen LogP contribution < -0.4 is 0 Å². The van der Waals surface area contributed by atoms with Crippen LogP contribution in [0.1, 0.15) is 151 Å². The van der Waals surface area contributed by atoms with Gasteiger partial charge in [-0.25, -0.2) is 0 Å². The van der Waals surface area contributed by atoms with Crippen LogP contribution in [0.25, 0.3) is 0 Å². The van der Waals surface area contributed by atoms with E-state index in [1.165, 1.54) is 82.6 Å². The van der Waals surface area contributed by atoms with Crippen molar-refractivity contribution in [1.82, 2.24) is 0 Å². The first-order valence-electron chi connectivity index (χ1n) is 17.8. The summed E-state index contributed by atoms with van der Waals surface area (Å²) in [6.45, 7) is 22.4. The molecule has 5 saturated carbocycles. The summed E-state index contributed by atoms with van der Waals surface area (Å²) in [5, 5.41) is 11.0. The average molecular weight is 569 g/mol. The quantitative estimate of drug-likeness (QED) is 0.171. The zero-order valence-electron chi connectivity index (χ0n) is 28.0. The first-order valence-corrected chi connectivity index (χ1v) is 17.8. The molecule has 0 aromatic carbocycles. The molecule has 10 atom stereocenters. The van der Waals surface area contributed by atoms with Crippen LogP contribution in [-0.4, -0.2) is 23.8 Å². The van der Waals surface area contributed by atoms with Crippen molar-refractivity contribution in [3.8, 4) is 0 Å². The molecule has 0 bridgehead atoms. The first-order chi connectivity index (χ1) is 19.3. The Morgan fingerprint density at radius 3 is 2.27 bits per heavy atom. The largest absolute Gasteiger partial charge is 0.465 e. The molecule has 0 amide bonds. The van der Waals surface area contributed by atoms with Crippen molar-refractivity contribution in [1.29, 1.82) is 0 Å². The van der Waals surface area contributed by atoms with Crippen molar-refractivity contribution >= 4 is 5.97 Å². The van der Waals surface area contributed by atoms with Gasteiger partial charge < -0.3 is 9.84 Å². The van der Waals surface area contributed by atoms with E-state index in [1.807, 2.05) is 0 Å². The topological polar surface area (TPSA) is 46.5 Å². The van der Waals surface area contributed by atoms with E-state index < -0.39 is 0 Å². The standard InChI is InChI=1S/C38H64O3/c1-9-10-11-12-13-14-32(40)41-25-38-22-17-27(26(2)3)33(38)28-15-16-30-35(6)20-19-31(39)34(4,5)29(35)18-21-37(30,8)36(28,7)23-24-38/h27-31,33,39H,2,9-25H2,1,3-8H3/t27-,28+,29-,30+,31-,33+,35-,36+,37+,38+/m0/s1. The van der Waals surface area contributed by atoms with Gasteiger partial charge in [0.25, 0.3) is 0 Å². The summed E-state index contributed by atoms with van der Waals surface area (Å²) in [5.74, 6) is 3.19. The van der Waals surface area contributed by atoms with Crippen LogP contribution in [0.5, 0.6) is 0 Å². The summed E-state index contributed by atoms with van der Waals surface area (Å²) in [6.07, 6.45) is 18.5. The number of carbonyl (C=O) groups is 1. The Kier molecular flexibility index (Phi) is 8.68. The molecule has 0 unspecified atom stereocenters. The molecule has 0 aromatic rings. The summed E-state index contributed by atoms with van der Waals surface area (Å²) in [4.78, 5) is 12.9. The Balaban J connectivity index is 1.38. The molecule has 0 aromatic heterocycles. The molecule has 5 aliphatic carbocycles. The second kappa shape index (κ2) is 11.3. The monoisotopic (exact) mass is 568 g/mol. The number of allylic oxidation sites excluding steroid dienone is 1. The third kappa shape index (κ3) is 4.89. The number of aliphatic hydroxyl groups excluding tert-OH is 1. The molecule has 234 valence electrons. The molecule has 3 nitrogen and oxygen atoms in total. The van der Waals surface area contributed by atoms with Crippen LogP contribution in [0.3, 0.4) is 0 Å². The van der Waals surface area contributed by atoms with Crippen LogP contribution in [0.15, 0.2) is 12.2 Å². The van der Waals surface area contributed by atoms with Crippen LogP contribution in [0, 0.1) is 56.7 Å². The molecular formula is C38H64O3. The van der Waals surface area contributed by atoms with Gasteiger partial charge in [-0.3, -0.25) is 4.79 Å². The van der Waals surface area contributed by atoms with Gasteiger partial charge in [-0.2, -0.15) is 0 Å². The lowest BCUT2D eigenvalue weighted by molar-refractivity contribution is -0.250. The Morgan fingerprint density at radius 2 is 1.56 bits per heavy atom. The van der Waals surface area contributed by atoms with Crippen LogP contribution in [0.2, 0.25) is 0 Å². The third-order valence-corrected chi connectivity index (χ3v) is 15.2. The van der Waals surface area contributed by atoms with E-state index in [1.54, 1.807) is 0 Å². The molecule has 5 fully saturated rings. The summed E-state index contributed by atoms with van der Waals surface area (Å²) in [7, 11) is 0. The fourth-order valence-corrected chi connectivity index (χ4v) is 12.7. The number of aliphatic hydroxyl groups is 1. The van der Waals surface area contributed by atoms with E-state index in [0.29, 0.717) is 52.9 Å². The highest BCUT2D eigenvalue weighted by Gasteiger charge is 2.71. The number of hydrogen-bond donors (Lipinski definition) is 1. The second-order valence-electron chi connectivity index (χ2n) is 17.2. The molecular weight excluding hydrogens is 504 g/mol. The zero-order chi connectivity index (χ0) is 29.8. The number of fused-ring (bicyclic) bond motifs is 7. The molecule has 5 rings (SSSR count). The number of hydrogen-bond acceptors (Lipinski definition) is 3. The summed E-state index contributed by atoms with van der Waals surface area (Å²) >= 11 is 0. The molecule has 0 spiro atoms. The number of ether oxygens (including phenoxy) is 1. The smallest absolute Gasteiger partial charge is 0.305 e. The number of esters is 1. The normalized spacial score (nSPS) is 46.5. The molecule has 1 N–H and O–H groups in total. The van der Waals surface area contributed by atoms with Gasteiger partial charge in [-0.15, -0.1) is 0 Å². The van der Waals surface area contributed by atoms with Gasteiger partial charge >= 0.3 is 5.97 Å². The zero-order valence-corrected chi connectivity index (χ0v) is 28.0. The fourth-order valence-electron chi connectivity index (χ4n) is 12.7. The predicted molar refractivity (Wildman–Crippen MR) is 169 cm³/mol. The van der Waals surface area contributed by atoms with Crippen molar-refractivity contribution in [2.75, 3.05) is 6.61 Å². The van der Waals surface area contributed by atoms with Crippen molar-refractivity contribution in [2.45, 2.75) is 157 Å². The van der Waals surface area contributed by atoms with E-state index >= 15 is 0 Å². The summed E-state index contributed by atoms with van der Waals surface area (Å²) < 4.78 is 6.19. The second-order valence-corrected chi connectivity index (χ2v) is 17.2. The maximum absolute atomic E-state index is 12.9. The van der Waals surface area contributed by atoms with Crippen molar-refractivity contribution in [3.63, 3.8) is 0 Å². The molecule has 0 aliphatic heterocycles. The lowest BCUT2D eigenvalue weighted by atomic mass is 9.32. The summed E-state index contributed by atoms with van der Waals surface area (Å²) in [6, 6.07) is 0. The molecule has 41 heavy (non-hydrogen) atoms. The average Bonchev–Trinajstić information content (AvgIpc) is 3.30. The Bertz CT molecular complexity index is 984. The Labute approximate surface area is 253 Å². The highest BCUT2D eigenvalue weighted by molar-refractivity contribution is 5.69. The third-order valence-electron chi connectivity index (χ3n) is 15.2. The molecule has 0 radical (unpaired) electrons.